The van der Waals surface area contributed by atoms with Gasteiger partial charge < -0.3 is 27.0 Å². The molecule has 4 rings (SSSR count). The lowest BCUT2D eigenvalue weighted by Gasteiger charge is -2.46. The lowest BCUT2D eigenvalue weighted by atomic mass is 9.73. The van der Waals surface area contributed by atoms with Gasteiger partial charge in [-0.05, 0) is 57.0 Å². The number of rotatable bonds is 9. The number of hydrogen-bond acceptors (Lipinski definition) is 8. The van der Waals surface area contributed by atoms with E-state index in [1.54, 1.807) is 0 Å². The van der Waals surface area contributed by atoms with Crippen molar-refractivity contribution in [2.45, 2.75) is 102 Å². The minimum absolute atomic E-state index is 0.00588. The summed E-state index contributed by atoms with van der Waals surface area (Å²) in [4.78, 5) is 37.8. The number of likely N-dealkylation sites (tertiary alicyclic amines) is 1. The zero-order valence-corrected chi connectivity index (χ0v) is 25.9. The van der Waals surface area contributed by atoms with Gasteiger partial charge in [-0.25, -0.2) is 8.78 Å². The molecule has 10 nitrogen and oxygen atoms in total. The van der Waals surface area contributed by atoms with Crippen molar-refractivity contribution < 1.29 is 18.4 Å². The summed E-state index contributed by atoms with van der Waals surface area (Å²) in [6, 6.07) is -1.11. The molecule has 0 bridgehead atoms. The normalized spacial score (nSPS) is 34.5. The Morgan fingerprint density at radius 1 is 1.12 bits per heavy atom. The maximum Gasteiger partial charge on any atom is 0.240 e. The predicted molar refractivity (Wildman–Crippen MR) is 162 cm³/mol. The van der Waals surface area contributed by atoms with E-state index in [0.29, 0.717) is 57.7 Å². The summed E-state index contributed by atoms with van der Waals surface area (Å²) in [5.41, 5.74) is 12.7. The molecule has 0 aromatic carbocycles. The van der Waals surface area contributed by atoms with E-state index in [0.717, 1.165) is 38.8 Å². The Morgan fingerprint density at radius 2 is 1.86 bits per heavy atom. The fourth-order valence-electron chi connectivity index (χ4n) is 7.67. The topological polar surface area (TPSA) is 132 Å². The molecule has 0 aliphatic carbocycles. The number of nitrogens with two attached hydrogens (primary N) is 2. The summed E-state index contributed by atoms with van der Waals surface area (Å²) >= 11 is 0. The molecule has 12 heteroatoms. The van der Waals surface area contributed by atoms with Crippen molar-refractivity contribution in [2.75, 3.05) is 58.9 Å². The summed E-state index contributed by atoms with van der Waals surface area (Å²) in [5.74, 6) is -1.14. The van der Waals surface area contributed by atoms with E-state index in [9.17, 15) is 14.0 Å². The van der Waals surface area contributed by atoms with Gasteiger partial charge in [-0.3, -0.25) is 24.4 Å². The number of nitrogens with zero attached hydrogens (tertiary/aromatic N) is 4. The Hall–Kier alpha value is -1.73. The molecule has 4 aliphatic heterocycles. The van der Waals surface area contributed by atoms with Crippen LogP contribution in [-0.2, 0) is 9.59 Å². The van der Waals surface area contributed by atoms with Gasteiger partial charge in [0, 0.05) is 45.0 Å². The number of hydrogen-bond donors (Lipinski definition) is 4. The highest BCUT2D eigenvalue weighted by molar-refractivity contribution is 6.05. The molecular formula is C30H54F2N8O2. The summed E-state index contributed by atoms with van der Waals surface area (Å²) in [7, 11) is 0. The second-order valence-corrected chi connectivity index (χ2v) is 13.2. The lowest BCUT2D eigenvalue weighted by Crippen LogP contribution is -2.68. The third-order valence-corrected chi connectivity index (χ3v) is 9.96. The Bertz CT molecular complexity index is 946. The highest BCUT2D eigenvalue weighted by atomic mass is 19.1. The van der Waals surface area contributed by atoms with Crippen molar-refractivity contribution in [3.63, 3.8) is 0 Å². The first-order valence-electron chi connectivity index (χ1n) is 16.2. The highest BCUT2D eigenvalue weighted by Gasteiger charge is 2.43. The van der Waals surface area contributed by atoms with Crippen LogP contribution in [0.2, 0.25) is 0 Å². The van der Waals surface area contributed by atoms with Gasteiger partial charge in [-0.2, -0.15) is 0 Å². The number of piperidine rings is 1. The molecule has 6 N–H and O–H groups in total. The number of alkyl halides is 2. The third-order valence-electron chi connectivity index (χ3n) is 9.96. The Labute approximate surface area is 250 Å². The fraction of sp³-hybridized carbons (Fsp3) is 0.900. The van der Waals surface area contributed by atoms with Crippen LogP contribution in [0.25, 0.3) is 0 Å². The summed E-state index contributed by atoms with van der Waals surface area (Å²) in [6.45, 7) is 10.9. The summed E-state index contributed by atoms with van der Waals surface area (Å²) < 4.78 is 30.1. The first kappa shape index (κ1) is 33.2. The predicted octanol–water partition coefficient (Wildman–Crippen LogP) is 1.04. The van der Waals surface area contributed by atoms with Gasteiger partial charge in [-0.1, -0.05) is 27.2 Å². The molecule has 4 aliphatic rings. The van der Waals surface area contributed by atoms with Crippen molar-refractivity contribution in [1.82, 2.24) is 25.3 Å². The van der Waals surface area contributed by atoms with Crippen LogP contribution in [0, 0.1) is 11.3 Å². The first-order valence-corrected chi connectivity index (χ1v) is 16.2. The summed E-state index contributed by atoms with van der Waals surface area (Å²) in [5, 5.41) is 6.18. The monoisotopic (exact) mass is 596 g/mol. The zero-order valence-electron chi connectivity index (χ0n) is 25.9. The maximum absolute atomic E-state index is 15.5. The second kappa shape index (κ2) is 14.8. The van der Waals surface area contributed by atoms with Crippen LogP contribution < -0.4 is 22.1 Å². The third kappa shape index (κ3) is 7.85. The van der Waals surface area contributed by atoms with Crippen LogP contribution >= 0.6 is 0 Å². The Kier molecular flexibility index (Phi) is 11.7. The molecule has 2 amide bonds. The van der Waals surface area contributed by atoms with Gasteiger partial charge in [0.15, 0.2) is 0 Å². The van der Waals surface area contributed by atoms with Crippen LogP contribution in [0.3, 0.4) is 0 Å². The number of carbonyl (C=O) groups excluding carboxylic acids is 2. The van der Waals surface area contributed by atoms with E-state index in [4.69, 9.17) is 11.5 Å². The van der Waals surface area contributed by atoms with Crippen molar-refractivity contribution in [3.05, 3.63) is 0 Å². The van der Waals surface area contributed by atoms with E-state index in [2.05, 4.69) is 46.2 Å². The van der Waals surface area contributed by atoms with E-state index in [-0.39, 0.29) is 36.4 Å². The number of halogens is 2. The van der Waals surface area contributed by atoms with Crippen LogP contribution in [0.15, 0.2) is 4.99 Å². The van der Waals surface area contributed by atoms with E-state index in [1.165, 1.54) is 0 Å². The van der Waals surface area contributed by atoms with Gasteiger partial charge in [0.05, 0.1) is 30.8 Å². The van der Waals surface area contributed by atoms with Crippen molar-refractivity contribution in [2.24, 2.45) is 27.8 Å². The molecule has 240 valence electrons. The maximum atomic E-state index is 15.5. The highest BCUT2D eigenvalue weighted by Crippen LogP contribution is 2.37. The van der Waals surface area contributed by atoms with Gasteiger partial charge >= 0.3 is 0 Å². The number of carbonyl (C=O) groups is 2. The van der Waals surface area contributed by atoms with Crippen LogP contribution in [0.5, 0.6) is 0 Å². The number of piperazine rings is 1. The Balaban J connectivity index is 1.44. The van der Waals surface area contributed by atoms with Crippen LogP contribution in [0.4, 0.5) is 8.78 Å². The van der Waals surface area contributed by atoms with E-state index < -0.39 is 36.5 Å². The Morgan fingerprint density at radius 3 is 2.52 bits per heavy atom. The number of amides is 2. The molecule has 0 aromatic rings. The number of aliphatic imine (C=N–C) groups is 1. The van der Waals surface area contributed by atoms with Crippen molar-refractivity contribution >= 4 is 17.5 Å². The molecule has 0 saturated carbocycles. The van der Waals surface area contributed by atoms with Crippen LogP contribution in [0.1, 0.15) is 65.7 Å². The minimum atomic E-state index is -1.19. The molecule has 4 heterocycles. The van der Waals surface area contributed by atoms with E-state index >= 15 is 4.39 Å². The van der Waals surface area contributed by atoms with Gasteiger partial charge in [0.2, 0.25) is 11.8 Å². The molecular weight excluding hydrogens is 542 g/mol. The minimum Gasteiger partial charge on any atom is -0.350 e. The smallest absolute Gasteiger partial charge is 0.240 e. The van der Waals surface area contributed by atoms with Crippen molar-refractivity contribution in [3.8, 4) is 0 Å². The second-order valence-electron chi connectivity index (χ2n) is 13.2. The molecule has 42 heavy (non-hydrogen) atoms. The molecule has 3 saturated heterocycles. The lowest BCUT2D eigenvalue weighted by molar-refractivity contribution is -0.138. The molecule has 0 spiro atoms. The fourth-order valence-corrected chi connectivity index (χ4v) is 7.67. The van der Waals surface area contributed by atoms with Gasteiger partial charge in [0.25, 0.3) is 0 Å². The number of likely N-dealkylation sites (N-methyl/N-ethyl adjacent to an activating group) is 1. The van der Waals surface area contributed by atoms with Gasteiger partial charge in [-0.15, -0.1) is 0 Å². The van der Waals surface area contributed by atoms with Crippen LogP contribution in [-0.4, -0.2) is 128 Å². The standard InChI is InChI=1S/C30H54F2N8O2/c1-4-9-30(3)10-8-20(31)17-36-22(16-30)25(27(33)34)28(41)37-23-19-35-18-21(32)26(23)39-12-14-40(15-13-39)29(42)24-7-6-11-38(24)5-2/h20-21,23-27,35H,4-19,33-34H2,1-3H3,(H,37,41). The molecule has 3 fully saturated rings. The molecule has 0 aromatic heterocycles. The SMILES string of the molecule is CCCC1(C)CCC(F)CN=C(C(C(=O)NC2CNCC(F)C2N2CCN(C(=O)C3CCCN3CC)CC2)C(N)N)C1. The van der Waals surface area contributed by atoms with Crippen molar-refractivity contribution in [1.29, 1.82) is 0 Å². The zero-order chi connectivity index (χ0) is 30.4. The number of nitrogens with one attached hydrogen (secondary N) is 2. The first-order chi connectivity index (χ1) is 20.1. The van der Waals surface area contributed by atoms with Gasteiger partial charge in [0.1, 0.15) is 18.3 Å². The molecule has 7 unspecified atom stereocenters. The molecule has 0 radical (unpaired) electrons. The van der Waals surface area contributed by atoms with E-state index in [1.807, 2.05) is 4.90 Å². The molecule has 7 atom stereocenters. The average Bonchev–Trinajstić information content (AvgIpc) is 3.43. The summed E-state index contributed by atoms with van der Waals surface area (Å²) in [6.07, 6.45) is 2.15. The average molecular weight is 597 g/mol. The largest absolute Gasteiger partial charge is 0.350 e. The quantitative estimate of drug-likeness (QED) is 0.293.